The minimum Gasteiger partial charge on any atom is -0.340 e. The number of benzene rings is 2. The summed E-state index contributed by atoms with van der Waals surface area (Å²) in [4.78, 5) is 28.0. The number of carbonyl (C=O) groups is 2. The lowest BCUT2D eigenvalue weighted by atomic mass is 10.2. The quantitative estimate of drug-likeness (QED) is 0.568. The second-order valence-electron chi connectivity index (χ2n) is 6.18. The van der Waals surface area contributed by atoms with Crippen molar-refractivity contribution >= 4 is 46.3 Å². The second kappa shape index (κ2) is 8.54. The van der Waals surface area contributed by atoms with Crippen LogP contribution in [0, 0.1) is 6.92 Å². The molecule has 0 radical (unpaired) electrons. The summed E-state index contributed by atoms with van der Waals surface area (Å²) in [5.74, 6) is 0.100. The fourth-order valence-electron chi connectivity index (χ4n) is 2.60. The van der Waals surface area contributed by atoms with Gasteiger partial charge in [0.05, 0.1) is 0 Å². The molecular weight excluding hydrogens is 376 g/mol. The van der Waals surface area contributed by atoms with Crippen molar-refractivity contribution in [3.8, 4) is 0 Å². The molecule has 0 aliphatic rings. The van der Waals surface area contributed by atoms with Crippen LogP contribution in [0.1, 0.15) is 22.8 Å². The molecule has 3 aromatic rings. The van der Waals surface area contributed by atoms with E-state index in [1.54, 1.807) is 48.7 Å². The number of amides is 2. The van der Waals surface area contributed by atoms with Gasteiger partial charge >= 0.3 is 0 Å². The van der Waals surface area contributed by atoms with Crippen LogP contribution in [-0.2, 0) is 4.79 Å². The number of aromatic nitrogens is 1. The monoisotopic (exact) mass is 394 g/mol. The largest absolute Gasteiger partial charge is 0.340 e. The molecular formula is C21H19ClN4O2. The Balaban J connectivity index is 1.76. The minimum absolute atomic E-state index is 0.148. The van der Waals surface area contributed by atoms with E-state index >= 15 is 0 Å². The topological polar surface area (TPSA) is 83.1 Å². The first-order valence-electron chi connectivity index (χ1n) is 8.59. The number of carbonyl (C=O) groups excluding carboxylic acids is 2. The van der Waals surface area contributed by atoms with Crippen molar-refractivity contribution < 1.29 is 9.59 Å². The molecule has 1 aromatic heterocycles. The molecule has 0 fully saturated rings. The van der Waals surface area contributed by atoms with Crippen molar-refractivity contribution in [2.75, 3.05) is 16.0 Å². The van der Waals surface area contributed by atoms with E-state index in [2.05, 4.69) is 20.9 Å². The normalized spacial score (nSPS) is 10.2. The molecule has 6 nitrogen and oxygen atoms in total. The Bertz CT molecular complexity index is 1040. The zero-order valence-electron chi connectivity index (χ0n) is 15.4. The van der Waals surface area contributed by atoms with Crippen LogP contribution in [0.2, 0.25) is 5.02 Å². The Labute approximate surface area is 168 Å². The number of anilines is 4. The molecule has 0 bridgehead atoms. The van der Waals surface area contributed by atoms with E-state index in [0.29, 0.717) is 27.8 Å². The van der Waals surface area contributed by atoms with Crippen molar-refractivity contribution in [2.24, 2.45) is 0 Å². The summed E-state index contributed by atoms with van der Waals surface area (Å²) < 4.78 is 0. The highest BCUT2D eigenvalue weighted by atomic mass is 35.5. The number of hydrogen-bond acceptors (Lipinski definition) is 4. The standard InChI is InChI=1S/C21H19ClN4O2/c1-13-18(22)7-4-8-19(13)26-21(28)15-9-10-23-20(11-15)25-17-6-3-5-16(12-17)24-14(2)27/h3-12H,1-2H3,(H,23,25)(H,24,27)(H,26,28). The molecule has 2 amide bonds. The Kier molecular flexibility index (Phi) is 5.91. The Morgan fingerprint density at radius 1 is 0.964 bits per heavy atom. The van der Waals surface area contributed by atoms with Crippen LogP contribution >= 0.6 is 11.6 Å². The highest BCUT2D eigenvalue weighted by molar-refractivity contribution is 6.31. The van der Waals surface area contributed by atoms with Crippen molar-refractivity contribution in [1.82, 2.24) is 4.98 Å². The number of halogens is 1. The molecule has 1 heterocycles. The van der Waals surface area contributed by atoms with Gasteiger partial charge in [0.2, 0.25) is 5.91 Å². The molecule has 142 valence electrons. The summed E-state index contributed by atoms with van der Waals surface area (Å²) >= 11 is 6.11. The zero-order valence-corrected chi connectivity index (χ0v) is 16.2. The molecule has 0 saturated carbocycles. The van der Waals surface area contributed by atoms with Gasteiger partial charge in [-0.05, 0) is 55.0 Å². The van der Waals surface area contributed by atoms with Crippen LogP contribution in [-0.4, -0.2) is 16.8 Å². The molecule has 2 aromatic carbocycles. The maximum atomic E-state index is 12.6. The summed E-state index contributed by atoms with van der Waals surface area (Å²) in [5, 5.41) is 9.31. The van der Waals surface area contributed by atoms with Gasteiger partial charge in [0.25, 0.3) is 5.91 Å². The van der Waals surface area contributed by atoms with Crippen LogP contribution < -0.4 is 16.0 Å². The Morgan fingerprint density at radius 2 is 1.71 bits per heavy atom. The average molecular weight is 395 g/mol. The van der Waals surface area contributed by atoms with Gasteiger partial charge < -0.3 is 16.0 Å². The molecule has 0 atom stereocenters. The van der Waals surface area contributed by atoms with Crippen LogP contribution in [0.3, 0.4) is 0 Å². The van der Waals surface area contributed by atoms with E-state index in [9.17, 15) is 9.59 Å². The van der Waals surface area contributed by atoms with E-state index in [1.165, 1.54) is 6.92 Å². The van der Waals surface area contributed by atoms with Crippen LogP contribution in [0.15, 0.2) is 60.8 Å². The van der Waals surface area contributed by atoms with E-state index < -0.39 is 0 Å². The van der Waals surface area contributed by atoms with Gasteiger partial charge in [0, 0.05) is 40.8 Å². The van der Waals surface area contributed by atoms with Gasteiger partial charge in [0.15, 0.2) is 0 Å². The Morgan fingerprint density at radius 3 is 2.50 bits per heavy atom. The van der Waals surface area contributed by atoms with Gasteiger partial charge in [-0.25, -0.2) is 4.98 Å². The van der Waals surface area contributed by atoms with Crippen molar-refractivity contribution in [3.05, 3.63) is 76.9 Å². The molecule has 0 aliphatic carbocycles. The van der Waals surface area contributed by atoms with E-state index in [1.807, 2.05) is 19.1 Å². The first-order valence-corrected chi connectivity index (χ1v) is 8.97. The molecule has 0 aliphatic heterocycles. The fraction of sp³-hybridized carbons (Fsp3) is 0.0952. The summed E-state index contributed by atoms with van der Waals surface area (Å²) in [6.07, 6.45) is 1.56. The number of hydrogen-bond donors (Lipinski definition) is 3. The maximum Gasteiger partial charge on any atom is 0.255 e. The van der Waals surface area contributed by atoms with Crippen molar-refractivity contribution in [3.63, 3.8) is 0 Å². The predicted molar refractivity (Wildman–Crippen MR) is 112 cm³/mol. The van der Waals surface area contributed by atoms with Crippen LogP contribution in [0.25, 0.3) is 0 Å². The maximum absolute atomic E-state index is 12.6. The van der Waals surface area contributed by atoms with E-state index in [0.717, 1.165) is 11.3 Å². The highest BCUT2D eigenvalue weighted by Gasteiger charge is 2.10. The van der Waals surface area contributed by atoms with Gasteiger partial charge in [-0.3, -0.25) is 9.59 Å². The van der Waals surface area contributed by atoms with E-state index in [4.69, 9.17) is 11.6 Å². The smallest absolute Gasteiger partial charge is 0.255 e. The highest BCUT2D eigenvalue weighted by Crippen LogP contribution is 2.24. The SMILES string of the molecule is CC(=O)Nc1cccc(Nc2cc(C(=O)Nc3cccc(Cl)c3C)ccn2)c1. The first kappa shape index (κ1) is 19.4. The second-order valence-corrected chi connectivity index (χ2v) is 6.59. The zero-order chi connectivity index (χ0) is 20.1. The Hall–Kier alpha value is -3.38. The van der Waals surface area contributed by atoms with Crippen LogP contribution in [0.5, 0.6) is 0 Å². The summed E-state index contributed by atoms with van der Waals surface area (Å²) in [5.41, 5.74) is 3.33. The molecule has 3 N–H and O–H groups in total. The number of pyridine rings is 1. The lowest BCUT2D eigenvalue weighted by Crippen LogP contribution is -2.13. The summed E-state index contributed by atoms with van der Waals surface area (Å²) in [7, 11) is 0. The van der Waals surface area contributed by atoms with Crippen LogP contribution in [0.4, 0.5) is 22.9 Å². The third kappa shape index (κ3) is 4.86. The van der Waals surface area contributed by atoms with Gasteiger partial charge in [-0.15, -0.1) is 0 Å². The molecule has 0 saturated heterocycles. The summed E-state index contributed by atoms with van der Waals surface area (Å²) in [6, 6.07) is 15.9. The van der Waals surface area contributed by atoms with Crippen molar-refractivity contribution in [1.29, 1.82) is 0 Å². The third-order valence-electron chi connectivity index (χ3n) is 3.99. The van der Waals surface area contributed by atoms with Crippen molar-refractivity contribution in [2.45, 2.75) is 13.8 Å². The molecule has 0 unspecified atom stereocenters. The first-order chi connectivity index (χ1) is 13.4. The number of nitrogens with zero attached hydrogens (tertiary/aromatic N) is 1. The summed E-state index contributed by atoms with van der Waals surface area (Å²) in [6.45, 7) is 3.30. The third-order valence-corrected chi connectivity index (χ3v) is 4.40. The van der Waals surface area contributed by atoms with Gasteiger partial charge in [-0.2, -0.15) is 0 Å². The average Bonchev–Trinajstić information content (AvgIpc) is 2.65. The van der Waals surface area contributed by atoms with Gasteiger partial charge in [0.1, 0.15) is 5.82 Å². The minimum atomic E-state index is -0.261. The number of rotatable bonds is 5. The molecule has 28 heavy (non-hydrogen) atoms. The van der Waals surface area contributed by atoms with Gasteiger partial charge in [-0.1, -0.05) is 23.7 Å². The molecule has 7 heteroatoms. The predicted octanol–water partition coefficient (Wildman–Crippen LogP) is 5.00. The molecule has 3 rings (SSSR count). The van der Waals surface area contributed by atoms with E-state index in [-0.39, 0.29) is 11.8 Å². The fourth-order valence-corrected chi connectivity index (χ4v) is 2.78. The lowest BCUT2D eigenvalue weighted by Gasteiger charge is -2.11. The molecule has 0 spiro atoms. The lowest BCUT2D eigenvalue weighted by molar-refractivity contribution is -0.114. The number of nitrogens with one attached hydrogen (secondary N) is 3.